The van der Waals surface area contributed by atoms with Crippen LogP contribution in [0.1, 0.15) is 22.4 Å². The molecule has 0 aliphatic heterocycles. The molecule has 0 bridgehead atoms. The van der Waals surface area contributed by atoms with Gasteiger partial charge in [-0.3, -0.25) is 14.4 Å². The second kappa shape index (κ2) is 5.35. The Kier molecular flexibility index (Phi) is 2.72. The third-order valence-electron chi connectivity index (χ3n) is 6.95. The van der Waals surface area contributed by atoms with Crippen molar-refractivity contribution in [3.8, 4) is 22.4 Å². The van der Waals surface area contributed by atoms with Crippen LogP contribution in [0.5, 0.6) is 0 Å². The Labute approximate surface area is 177 Å². The highest BCUT2D eigenvalue weighted by Gasteiger charge is 2.29. The van der Waals surface area contributed by atoms with E-state index in [9.17, 15) is 0 Å². The molecule has 2 aliphatic rings. The van der Waals surface area contributed by atoms with Gasteiger partial charge in [-0.15, -0.1) is 0 Å². The number of aromatic nitrogens is 4. The van der Waals surface area contributed by atoms with Crippen molar-refractivity contribution in [3.05, 3.63) is 95.6 Å². The summed E-state index contributed by atoms with van der Waals surface area (Å²) in [5, 5.41) is 2.16. The summed E-state index contributed by atoms with van der Waals surface area (Å²) in [4.78, 5) is 14.2. The largest absolute Gasteiger partial charge is 0.294 e. The third-order valence-corrected chi connectivity index (χ3v) is 6.95. The van der Waals surface area contributed by atoms with Gasteiger partial charge in [0.05, 0.1) is 22.4 Å². The maximum absolute atomic E-state index is 5.19. The maximum Gasteiger partial charge on any atom is 0.146 e. The van der Waals surface area contributed by atoms with E-state index in [1.165, 1.54) is 39.1 Å². The number of nitrogens with zero attached hydrogens (tertiary/aromatic N) is 4. The summed E-state index contributed by atoms with van der Waals surface area (Å²) in [5.41, 5.74) is 13.7. The van der Waals surface area contributed by atoms with Gasteiger partial charge < -0.3 is 0 Å². The molecule has 8 rings (SSSR count). The van der Waals surface area contributed by atoms with E-state index in [1.54, 1.807) is 0 Å². The minimum Gasteiger partial charge on any atom is -0.294 e. The van der Waals surface area contributed by atoms with Crippen molar-refractivity contribution in [1.82, 2.24) is 19.4 Å². The highest BCUT2D eigenvalue weighted by atomic mass is 15.0. The van der Waals surface area contributed by atoms with Crippen molar-refractivity contribution in [3.63, 3.8) is 0 Å². The lowest BCUT2D eigenvalue weighted by atomic mass is 9.99. The number of hydrogen-bond acceptors (Lipinski definition) is 3. The molecule has 0 fully saturated rings. The van der Waals surface area contributed by atoms with Crippen LogP contribution in [0.3, 0.4) is 0 Å². The zero-order valence-electron chi connectivity index (χ0n) is 16.6. The van der Waals surface area contributed by atoms with Gasteiger partial charge in [-0.05, 0) is 64.6 Å². The molecular formula is C27H16N4. The summed E-state index contributed by atoms with van der Waals surface area (Å²) in [6.07, 6.45) is 7.50. The van der Waals surface area contributed by atoms with Gasteiger partial charge in [0.15, 0.2) is 0 Å². The lowest BCUT2D eigenvalue weighted by molar-refractivity contribution is 1.09. The Hall–Kier alpha value is -4.05. The van der Waals surface area contributed by atoms with Gasteiger partial charge in [-0.2, -0.15) is 0 Å². The number of fused-ring (bicyclic) bond motifs is 13. The molecule has 0 unspecified atom stereocenters. The van der Waals surface area contributed by atoms with Crippen molar-refractivity contribution in [2.24, 2.45) is 0 Å². The molecule has 0 radical (unpaired) electrons. The third kappa shape index (κ3) is 1.88. The first kappa shape index (κ1) is 15.7. The van der Waals surface area contributed by atoms with E-state index in [0.717, 1.165) is 46.0 Å². The Morgan fingerprint density at radius 3 is 2.65 bits per heavy atom. The van der Waals surface area contributed by atoms with Crippen molar-refractivity contribution in [2.45, 2.75) is 12.8 Å². The van der Waals surface area contributed by atoms with Crippen molar-refractivity contribution < 1.29 is 0 Å². The van der Waals surface area contributed by atoms with Gasteiger partial charge in [0.1, 0.15) is 5.65 Å². The molecule has 0 amide bonds. The molecule has 0 N–H and O–H groups in total. The van der Waals surface area contributed by atoms with E-state index >= 15 is 0 Å². The molecule has 4 aromatic heterocycles. The Morgan fingerprint density at radius 1 is 0.742 bits per heavy atom. The monoisotopic (exact) mass is 396 g/mol. The summed E-state index contributed by atoms with van der Waals surface area (Å²) in [5.74, 6) is 0. The van der Waals surface area contributed by atoms with Gasteiger partial charge in [-0.25, -0.2) is 4.98 Å². The first-order valence-corrected chi connectivity index (χ1v) is 10.6. The summed E-state index contributed by atoms with van der Waals surface area (Å²) in [6, 6.07) is 19.8. The van der Waals surface area contributed by atoms with E-state index in [1.807, 2.05) is 24.7 Å². The average molecular weight is 396 g/mol. The summed E-state index contributed by atoms with van der Waals surface area (Å²) in [6.45, 7) is 0. The molecule has 0 spiro atoms. The highest BCUT2D eigenvalue weighted by molar-refractivity contribution is 6.10. The number of hydrogen-bond donors (Lipinski definition) is 0. The normalized spacial score (nSPS) is 13.5. The Balaban J connectivity index is 1.46. The van der Waals surface area contributed by atoms with Crippen LogP contribution in [0.2, 0.25) is 0 Å². The summed E-state index contributed by atoms with van der Waals surface area (Å²) in [7, 11) is 0. The predicted molar refractivity (Wildman–Crippen MR) is 122 cm³/mol. The second-order valence-electron chi connectivity index (χ2n) is 8.54. The minimum atomic E-state index is 0.891. The minimum absolute atomic E-state index is 0.891. The summed E-state index contributed by atoms with van der Waals surface area (Å²) < 4.78 is 2.32. The Morgan fingerprint density at radius 2 is 1.65 bits per heavy atom. The zero-order valence-corrected chi connectivity index (χ0v) is 16.6. The van der Waals surface area contributed by atoms with Crippen LogP contribution in [0.15, 0.2) is 73.2 Å². The van der Waals surface area contributed by atoms with Gasteiger partial charge in [-0.1, -0.05) is 24.3 Å². The SMILES string of the molecule is c1ccc2c(c1)Cc1cc3c(cc1-2)Cc1c-3nc2c3ccncc3c3ncccc3n12. The van der Waals surface area contributed by atoms with Crippen LogP contribution in [0.4, 0.5) is 0 Å². The molecule has 144 valence electrons. The fourth-order valence-corrected chi connectivity index (χ4v) is 5.61. The molecular weight excluding hydrogens is 380 g/mol. The van der Waals surface area contributed by atoms with E-state index in [4.69, 9.17) is 9.97 Å². The Bertz CT molecular complexity index is 1740. The standard InChI is InChI=1S/C27H16N4/c1-2-5-18-15(4-1)10-16-12-21-17(11-20(16)18)13-24-26(21)30-27-19-7-9-28-14-22(19)25-23(31(24)27)6-3-8-29-25/h1-9,11-12,14H,10,13H2. The molecule has 0 atom stereocenters. The number of rotatable bonds is 0. The molecule has 2 aliphatic carbocycles. The fraction of sp³-hybridized carbons (Fsp3) is 0.0741. The first-order valence-electron chi connectivity index (χ1n) is 10.6. The van der Waals surface area contributed by atoms with Gasteiger partial charge in [0.25, 0.3) is 0 Å². The van der Waals surface area contributed by atoms with Gasteiger partial charge in [0, 0.05) is 41.3 Å². The number of imidazole rings is 1. The van der Waals surface area contributed by atoms with Crippen LogP contribution in [-0.2, 0) is 12.8 Å². The number of pyridine rings is 3. The van der Waals surface area contributed by atoms with Crippen LogP contribution in [0, 0.1) is 0 Å². The summed E-state index contributed by atoms with van der Waals surface area (Å²) >= 11 is 0. The lowest BCUT2D eigenvalue weighted by Crippen LogP contribution is -1.97. The molecule has 2 aromatic carbocycles. The molecule has 0 saturated carbocycles. The quantitative estimate of drug-likeness (QED) is 0.315. The lowest BCUT2D eigenvalue weighted by Gasteiger charge is -2.09. The number of benzene rings is 2. The molecule has 4 heterocycles. The van der Waals surface area contributed by atoms with Crippen LogP contribution in [-0.4, -0.2) is 19.4 Å². The van der Waals surface area contributed by atoms with E-state index in [-0.39, 0.29) is 0 Å². The van der Waals surface area contributed by atoms with Crippen molar-refractivity contribution in [2.75, 3.05) is 0 Å². The van der Waals surface area contributed by atoms with E-state index < -0.39 is 0 Å². The van der Waals surface area contributed by atoms with Crippen molar-refractivity contribution in [1.29, 1.82) is 0 Å². The molecule has 6 aromatic rings. The molecule has 31 heavy (non-hydrogen) atoms. The first-order chi connectivity index (χ1) is 15.4. The molecule has 4 heteroatoms. The fourth-order valence-electron chi connectivity index (χ4n) is 5.61. The van der Waals surface area contributed by atoms with Crippen LogP contribution < -0.4 is 0 Å². The predicted octanol–water partition coefficient (Wildman–Crippen LogP) is 5.57. The van der Waals surface area contributed by atoms with Crippen LogP contribution in [0.25, 0.3) is 49.8 Å². The zero-order chi connectivity index (χ0) is 20.1. The van der Waals surface area contributed by atoms with E-state index in [2.05, 4.69) is 57.9 Å². The maximum atomic E-state index is 5.19. The second-order valence-corrected chi connectivity index (χ2v) is 8.54. The van der Waals surface area contributed by atoms with E-state index in [0.29, 0.717) is 0 Å². The highest BCUT2D eigenvalue weighted by Crippen LogP contribution is 2.45. The smallest absolute Gasteiger partial charge is 0.146 e. The van der Waals surface area contributed by atoms with Crippen LogP contribution >= 0.6 is 0 Å². The molecule has 0 saturated heterocycles. The van der Waals surface area contributed by atoms with Gasteiger partial charge >= 0.3 is 0 Å². The van der Waals surface area contributed by atoms with Gasteiger partial charge in [0.2, 0.25) is 0 Å². The average Bonchev–Trinajstić information content (AvgIpc) is 3.47. The topological polar surface area (TPSA) is 43.1 Å². The van der Waals surface area contributed by atoms with Crippen molar-refractivity contribution >= 4 is 27.5 Å². The molecule has 4 nitrogen and oxygen atoms in total.